The van der Waals surface area contributed by atoms with E-state index in [1.807, 2.05) is 0 Å². The average Bonchev–Trinajstić information content (AvgIpc) is 2.69. The Labute approximate surface area is 190 Å². The van der Waals surface area contributed by atoms with Gasteiger partial charge in [-0.1, -0.05) is 30.3 Å². The minimum atomic E-state index is -6.07. The molecule has 1 aliphatic rings. The van der Waals surface area contributed by atoms with Gasteiger partial charge in [0, 0.05) is 12.0 Å². The van der Waals surface area contributed by atoms with Crippen molar-refractivity contribution in [3.05, 3.63) is 35.9 Å². The van der Waals surface area contributed by atoms with Crippen LogP contribution in [0.4, 0.5) is 39.5 Å². The quantitative estimate of drug-likeness (QED) is 0.493. The van der Waals surface area contributed by atoms with Gasteiger partial charge in [-0.25, -0.2) is 8.42 Å². The molecule has 0 radical (unpaired) electrons. The minimum absolute atomic E-state index is 0.121. The van der Waals surface area contributed by atoms with Crippen LogP contribution in [0, 0.1) is 5.92 Å². The molecule has 0 unspecified atom stereocenters. The highest BCUT2D eigenvalue weighted by atomic mass is 32.2. The second-order valence-corrected chi connectivity index (χ2v) is 11.2. The average molecular weight is 529 g/mol. The van der Waals surface area contributed by atoms with Gasteiger partial charge in [-0.15, -0.1) is 0 Å². The van der Waals surface area contributed by atoms with E-state index < -0.39 is 83.1 Å². The standard InChI is InChI=1S/C20H24F9NO3S/c1-16(2,13-6-4-3-5-7-13)34(32,33)30(12-17(21,22)23)15-10-8-14(9-11-15)18(31,19(24,25)26)20(27,28)29/h3-7,14-15,31H,8-12H2,1-2H3. The summed E-state index contributed by atoms with van der Waals surface area (Å²) < 4.78 is 144. The van der Waals surface area contributed by atoms with E-state index in [1.165, 1.54) is 38.1 Å². The molecule has 34 heavy (non-hydrogen) atoms. The molecule has 1 N–H and O–H groups in total. The summed E-state index contributed by atoms with van der Waals surface area (Å²) in [5.41, 5.74) is -4.90. The summed E-state index contributed by atoms with van der Waals surface area (Å²) >= 11 is 0. The SMILES string of the molecule is CC(C)(c1ccccc1)S(=O)(=O)N(CC(F)(F)F)C1CCC(C(O)(C(F)(F)F)C(F)(F)F)CC1. The number of benzene rings is 1. The second-order valence-electron chi connectivity index (χ2n) is 8.81. The van der Waals surface area contributed by atoms with Gasteiger partial charge in [0.15, 0.2) is 0 Å². The lowest BCUT2D eigenvalue weighted by Crippen LogP contribution is -2.63. The number of sulfonamides is 1. The summed E-state index contributed by atoms with van der Waals surface area (Å²) in [4.78, 5) is 0. The summed E-state index contributed by atoms with van der Waals surface area (Å²) in [6.45, 7) is 0.376. The molecule has 1 aromatic carbocycles. The zero-order valence-corrected chi connectivity index (χ0v) is 18.9. The van der Waals surface area contributed by atoms with Crippen LogP contribution in [0.2, 0.25) is 0 Å². The zero-order chi connectivity index (χ0) is 26.4. The molecule has 0 aromatic heterocycles. The van der Waals surface area contributed by atoms with Gasteiger partial charge in [-0.05, 0) is 45.1 Å². The van der Waals surface area contributed by atoms with Gasteiger partial charge >= 0.3 is 18.5 Å². The van der Waals surface area contributed by atoms with E-state index in [2.05, 4.69) is 0 Å². The molecule has 4 nitrogen and oxygen atoms in total. The van der Waals surface area contributed by atoms with Crippen LogP contribution in [0.5, 0.6) is 0 Å². The van der Waals surface area contributed by atoms with Crippen molar-refractivity contribution < 1.29 is 53.0 Å². The third-order valence-corrected chi connectivity index (χ3v) is 8.89. The fraction of sp³-hybridized carbons (Fsp3) is 0.700. The number of nitrogens with zero attached hydrogens (tertiary/aromatic N) is 1. The second kappa shape index (κ2) is 9.16. The zero-order valence-electron chi connectivity index (χ0n) is 18.1. The molecule has 0 spiro atoms. The Kier molecular flexibility index (Phi) is 7.73. The lowest BCUT2D eigenvalue weighted by atomic mass is 9.74. The first kappa shape index (κ1) is 28.7. The van der Waals surface area contributed by atoms with E-state index in [1.54, 1.807) is 6.07 Å². The molecule has 0 bridgehead atoms. The van der Waals surface area contributed by atoms with Crippen molar-refractivity contribution in [3.8, 4) is 0 Å². The fourth-order valence-electron chi connectivity index (χ4n) is 4.27. The summed E-state index contributed by atoms with van der Waals surface area (Å²) in [6.07, 6.45) is -20.6. The highest BCUT2D eigenvalue weighted by molar-refractivity contribution is 7.90. The van der Waals surface area contributed by atoms with Gasteiger partial charge in [0.2, 0.25) is 10.0 Å². The lowest BCUT2D eigenvalue weighted by Gasteiger charge is -2.44. The van der Waals surface area contributed by atoms with Gasteiger partial charge in [0.05, 0.1) is 0 Å². The van der Waals surface area contributed by atoms with Crippen LogP contribution in [-0.4, -0.2) is 54.5 Å². The number of halogens is 9. The first-order chi connectivity index (χ1) is 15.2. The number of rotatable bonds is 6. The van der Waals surface area contributed by atoms with Crippen molar-refractivity contribution in [2.45, 2.75) is 74.4 Å². The number of alkyl halides is 9. The first-order valence-corrected chi connectivity index (χ1v) is 11.6. The molecule has 0 heterocycles. The number of aliphatic hydroxyl groups is 1. The minimum Gasteiger partial charge on any atom is -0.373 e. The molecule has 1 fully saturated rings. The third-order valence-electron chi connectivity index (χ3n) is 6.32. The topological polar surface area (TPSA) is 57.6 Å². The van der Waals surface area contributed by atoms with E-state index in [4.69, 9.17) is 0 Å². The highest BCUT2D eigenvalue weighted by Gasteiger charge is 2.73. The van der Waals surface area contributed by atoms with Gasteiger partial charge in [-0.2, -0.15) is 43.8 Å². The van der Waals surface area contributed by atoms with Gasteiger partial charge in [0.1, 0.15) is 11.3 Å². The normalized spacial score (nSPS) is 21.7. The molecule has 1 aliphatic carbocycles. The monoisotopic (exact) mass is 529 g/mol. The van der Waals surface area contributed by atoms with Crippen molar-refractivity contribution in [2.75, 3.05) is 6.54 Å². The van der Waals surface area contributed by atoms with E-state index in [9.17, 15) is 53.0 Å². The molecular formula is C20H24F9NO3S. The van der Waals surface area contributed by atoms with Crippen molar-refractivity contribution in [2.24, 2.45) is 5.92 Å². The summed E-state index contributed by atoms with van der Waals surface area (Å²) in [6, 6.07) is 5.77. The number of hydrogen-bond acceptors (Lipinski definition) is 3. The molecular weight excluding hydrogens is 505 g/mol. The Morgan fingerprint density at radius 3 is 1.68 bits per heavy atom. The van der Waals surface area contributed by atoms with Crippen molar-refractivity contribution >= 4 is 10.0 Å². The predicted octanol–water partition coefficient (Wildman–Crippen LogP) is 5.53. The van der Waals surface area contributed by atoms with Crippen LogP contribution in [0.3, 0.4) is 0 Å². The van der Waals surface area contributed by atoms with Crippen LogP contribution in [0.15, 0.2) is 30.3 Å². The van der Waals surface area contributed by atoms with Crippen LogP contribution >= 0.6 is 0 Å². The molecule has 0 aliphatic heterocycles. The lowest BCUT2D eigenvalue weighted by molar-refractivity contribution is -0.387. The van der Waals surface area contributed by atoms with E-state index in [0.717, 1.165) is 0 Å². The fourth-order valence-corrected chi connectivity index (χ4v) is 6.21. The highest BCUT2D eigenvalue weighted by Crippen LogP contribution is 2.52. The smallest absolute Gasteiger partial charge is 0.373 e. The Morgan fingerprint density at radius 2 is 1.29 bits per heavy atom. The summed E-state index contributed by atoms with van der Waals surface area (Å²) in [5.74, 6) is -2.39. The van der Waals surface area contributed by atoms with Gasteiger partial charge in [-0.3, -0.25) is 0 Å². The van der Waals surface area contributed by atoms with Crippen LogP contribution in [0.1, 0.15) is 45.1 Å². The first-order valence-electron chi connectivity index (χ1n) is 10.2. The molecule has 1 saturated carbocycles. The van der Waals surface area contributed by atoms with E-state index in [0.29, 0.717) is 0 Å². The molecule has 14 heteroatoms. The van der Waals surface area contributed by atoms with Crippen LogP contribution < -0.4 is 0 Å². The molecule has 0 amide bonds. The summed E-state index contributed by atoms with van der Waals surface area (Å²) in [7, 11) is -4.79. The maximum atomic E-state index is 13.3. The van der Waals surface area contributed by atoms with E-state index >= 15 is 0 Å². The Bertz CT molecular complexity index is 919. The molecule has 196 valence electrons. The Morgan fingerprint density at radius 1 is 0.853 bits per heavy atom. The predicted molar refractivity (Wildman–Crippen MR) is 104 cm³/mol. The summed E-state index contributed by atoms with van der Waals surface area (Å²) in [5, 5.41) is 9.60. The van der Waals surface area contributed by atoms with Crippen molar-refractivity contribution in [3.63, 3.8) is 0 Å². The largest absolute Gasteiger partial charge is 0.426 e. The van der Waals surface area contributed by atoms with Crippen LogP contribution in [0.25, 0.3) is 0 Å². The van der Waals surface area contributed by atoms with Gasteiger partial charge in [0.25, 0.3) is 5.60 Å². The van der Waals surface area contributed by atoms with Crippen molar-refractivity contribution in [1.82, 2.24) is 4.31 Å². The van der Waals surface area contributed by atoms with Crippen molar-refractivity contribution in [1.29, 1.82) is 0 Å². The molecule has 2 rings (SSSR count). The maximum absolute atomic E-state index is 13.3. The molecule has 0 atom stereocenters. The molecule has 0 saturated heterocycles. The molecule has 1 aromatic rings. The third kappa shape index (κ3) is 5.32. The van der Waals surface area contributed by atoms with Crippen LogP contribution in [-0.2, 0) is 14.8 Å². The Hall–Kier alpha value is -1.54. The van der Waals surface area contributed by atoms with Gasteiger partial charge < -0.3 is 5.11 Å². The number of hydrogen-bond donors (Lipinski definition) is 1. The maximum Gasteiger partial charge on any atom is 0.426 e. The van der Waals surface area contributed by atoms with E-state index in [-0.39, 0.29) is 9.87 Å². The Balaban J connectivity index is 2.40.